The van der Waals surface area contributed by atoms with Gasteiger partial charge in [0, 0.05) is 5.56 Å². The average Bonchev–Trinajstić information content (AvgIpc) is 2.46. The molecule has 98 valence electrons. The normalized spacial score (nSPS) is 9.95. The lowest BCUT2D eigenvalue weighted by Gasteiger charge is -2.09. The number of para-hydroxylation sites is 1. The molecule has 4 heteroatoms. The van der Waals surface area contributed by atoms with E-state index >= 15 is 0 Å². The molecular formula is C15H13ClO3. The summed E-state index contributed by atoms with van der Waals surface area (Å²) in [4.78, 5) is 10.6. The highest BCUT2D eigenvalue weighted by atomic mass is 35.5. The zero-order valence-corrected chi connectivity index (χ0v) is 11.0. The topological polar surface area (TPSA) is 35.5 Å². The number of rotatable bonds is 6. The van der Waals surface area contributed by atoms with E-state index in [1.54, 1.807) is 18.2 Å². The maximum Gasteiger partial charge on any atom is 0.150 e. The van der Waals surface area contributed by atoms with Crippen molar-refractivity contribution in [1.29, 1.82) is 0 Å². The van der Waals surface area contributed by atoms with E-state index in [1.807, 2.05) is 30.3 Å². The van der Waals surface area contributed by atoms with Gasteiger partial charge in [-0.15, -0.1) is 0 Å². The molecule has 0 aliphatic heterocycles. The van der Waals surface area contributed by atoms with Crippen LogP contribution in [0, 0.1) is 0 Å². The largest absolute Gasteiger partial charge is 0.490 e. The van der Waals surface area contributed by atoms with Crippen molar-refractivity contribution in [3.63, 3.8) is 0 Å². The molecule has 0 aliphatic carbocycles. The summed E-state index contributed by atoms with van der Waals surface area (Å²) < 4.78 is 11.0. The zero-order valence-electron chi connectivity index (χ0n) is 10.2. The van der Waals surface area contributed by atoms with E-state index in [1.165, 1.54) is 0 Å². The molecule has 2 aromatic carbocycles. The van der Waals surface area contributed by atoms with E-state index in [-0.39, 0.29) is 0 Å². The van der Waals surface area contributed by atoms with E-state index in [0.717, 1.165) is 12.0 Å². The fourth-order valence-corrected chi connectivity index (χ4v) is 1.78. The maximum atomic E-state index is 10.6. The lowest BCUT2D eigenvalue weighted by molar-refractivity contribution is 0.112. The lowest BCUT2D eigenvalue weighted by Crippen LogP contribution is -2.09. The molecule has 0 saturated carbocycles. The number of benzene rings is 2. The molecule has 19 heavy (non-hydrogen) atoms. The van der Waals surface area contributed by atoms with Crippen LogP contribution < -0.4 is 9.47 Å². The van der Waals surface area contributed by atoms with Crippen molar-refractivity contribution in [3.8, 4) is 11.5 Å². The summed E-state index contributed by atoms with van der Waals surface area (Å²) in [5.74, 6) is 1.34. The number of aldehydes is 1. The van der Waals surface area contributed by atoms with Gasteiger partial charge in [-0.2, -0.15) is 0 Å². The predicted octanol–water partition coefficient (Wildman–Crippen LogP) is 3.61. The maximum absolute atomic E-state index is 10.6. The number of hydrogen-bond acceptors (Lipinski definition) is 3. The molecule has 0 unspecified atom stereocenters. The van der Waals surface area contributed by atoms with E-state index in [2.05, 4.69) is 0 Å². The molecule has 0 aromatic heterocycles. The first-order chi connectivity index (χ1) is 9.29. The highest BCUT2D eigenvalue weighted by Crippen LogP contribution is 2.24. The Morgan fingerprint density at radius 1 is 1.00 bits per heavy atom. The van der Waals surface area contributed by atoms with Gasteiger partial charge in [-0.3, -0.25) is 4.79 Å². The third-order valence-corrected chi connectivity index (χ3v) is 2.74. The zero-order chi connectivity index (χ0) is 13.5. The van der Waals surface area contributed by atoms with Crippen LogP contribution in [0.5, 0.6) is 11.5 Å². The van der Waals surface area contributed by atoms with Crippen molar-refractivity contribution >= 4 is 17.9 Å². The number of carbonyl (C=O) groups is 1. The molecule has 2 aromatic rings. The van der Waals surface area contributed by atoms with Crippen molar-refractivity contribution in [2.45, 2.75) is 0 Å². The fourth-order valence-electron chi connectivity index (χ4n) is 1.54. The van der Waals surface area contributed by atoms with E-state index in [4.69, 9.17) is 21.1 Å². The van der Waals surface area contributed by atoms with Gasteiger partial charge < -0.3 is 9.47 Å². The van der Waals surface area contributed by atoms with Crippen LogP contribution in [-0.4, -0.2) is 19.5 Å². The second kappa shape index (κ2) is 6.81. The van der Waals surface area contributed by atoms with Crippen LogP contribution in [0.15, 0.2) is 48.5 Å². The van der Waals surface area contributed by atoms with Gasteiger partial charge in [-0.25, -0.2) is 0 Å². The number of ether oxygens (including phenoxy) is 2. The number of hydrogen-bond donors (Lipinski definition) is 0. The van der Waals surface area contributed by atoms with E-state index in [0.29, 0.717) is 29.5 Å². The SMILES string of the molecule is O=Cc1ccc(OCCOc2ccccc2)c(Cl)c1. The molecular weight excluding hydrogens is 264 g/mol. The summed E-state index contributed by atoms with van der Waals surface area (Å²) in [5.41, 5.74) is 0.526. The smallest absolute Gasteiger partial charge is 0.150 e. The molecule has 0 saturated heterocycles. The van der Waals surface area contributed by atoms with Crippen LogP contribution in [0.1, 0.15) is 10.4 Å². The van der Waals surface area contributed by atoms with E-state index < -0.39 is 0 Å². The van der Waals surface area contributed by atoms with Crippen molar-refractivity contribution < 1.29 is 14.3 Å². The fraction of sp³-hybridized carbons (Fsp3) is 0.133. The Kier molecular flexibility index (Phi) is 4.81. The van der Waals surface area contributed by atoms with Gasteiger partial charge in [0.2, 0.25) is 0 Å². The Morgan fingerprint density at radius 3 is 2.42 bits per heavy atom. The highest BCUT2D eigenvalue weighted by Gasteiger charge is 2.02. The molecule has 0 N–H and O–H groups in total. The van der Waals surface area contributed by atoms with Gasteiger partial charge in [-0.1, -0.05) is 29.8 Å². The summed E-state index contributed by atoms with van der Waals surface area (Å²) in [6, 6.07) is 14.4. The molecule has 0 heterocycles. The highest BCUT2D eigenvalue weighted by molar-refractivity contribution is 6.32. The Morgan fingerprint density at radius 2 is 1.74 bits per heavy atom. The van der Waals surface area contributed by atoms with Gasteiger partial charge in [0.1, 0.15) is 31.0 Å². The quantitative estimate of drug-likeness (QED) is 0.597. The summed E-state index contributed by atoms with van der Waals surface area (Å²) in [5, 5.41) is 0.421. The Bertz CT molecular complexity index is 540. The summed E-state index contributed by atoms with van der Waals surface area (Å²) in [7, 11) is 0. The van der Waals surface area contributed by atoms with Crippen molar-refractivity contribution in [2.75, 3.05) is 13.2 Å². The van der Waals surface area contributed by atoms with Crippen molar-refractivity contribution in [1.82, 2.24) is 0 Å². The molecule has 0 aliphatic rings. The van der Waals surface area contributed by atoms with E-state index in [9.17, 15) is 4.79 Å². The summed E-state index contributed by atoms with van der Waals surface area (Å²) in [6.45, 7) is 0.810. The van der Waals surface area contributed by atoms with Crippen LogP contribution in [-0.2, 0) is 0 Å². The standard InChI is InChI=1S/C15H13ClO3/c16-14-10-12(11-17)6-7-15(14)19-9-8-18-13-4-2-1-3-5-13/h1-7,10-11H,8-9H2. The third kappa shape index (κ3) is 4.00. The molecule has 0 bridgehead atoms. The number of halogens is 1. The molecule has 2 rings (SSSR count). The van der Waals surface area contributed by atoms with Crippen molar-refractivity contribution in [3.05, 3.63) is 59.1 Å². The lowest BCUT2D eigenvalue weighted by atomic mass is 10.2. The van der Waals surface area contributed by atoms with Gasteiger partial charge in [-0.05, 0) is 30.3 Å². The first-order valence-corrected chi connectivity index (χ1v) is 6.23. The van der Waals surface area contributed by atoms with Crippen LogP contribution in [0.2, 0.25) is 5.02 Å². The molecule has 0 atom stereocenters. The molecule has 3 nitrogen and oxygen atoms in total. The van der Waals surface area contributed by atoms with Crippen LogP contribution in [0.4, 0.5) is 0 Å². The van der Waals surface area contributed by atoms with Gasteiger partial charge in [0.25, 0.3) is 0 Å². The monoisotopic (exact) mass is 276 g/mol. The minimum absolute atomic E-state index is 0.384. The third-order valence-electron chi connectivity index (χ3n) is 2.44. The van der Waals surface area contributed by atoms with Crippen LogP contribution in [0.25, 0.3) is 0 Å². The molecule has 0 radical (unpaired) electrons. The Labute approximate surface area is 116 Å². The second-order valence-electron chi connectivity index (χ2n) is 3.82. The summed E-state index contributed by atoms with van der Waals surface area (Å²) >= 11 is 5.98. The first kappa shape index (κ1) is 13.4. The number of carbonyl (C=O) groups excluding carboxylic acids is 1. The van der Waals surface area contributed by atoms with Gasteiger partial charge in [0.15, 0.2) is 0 Å². The molecule has 0 spiro atoms. The molecule has 0 fully saturated rings. The average molecular weight is 277 g/mol. The minimum atomic E-state index is 0.384. The Balaban J connectivity index is 1.81. The van der Waals surface area contributed by atoms with Gasteiger partial charge in [0.05, 0.1) is 5.02 Å². The van der Waals surface area contributed by atoms with Crippen LogP contribution >= 0.6 is 11.6 Å². The minimum Gasteiger partial charge on any atom is -0.490 e. The molecule has 0 amide bonds. The van der Waals surface area contributed by atoms with Crippen molar-refractivity contribution in [2.24, 2.45) is 0 Å². The predicted molar refractivity (Wildman–Crippen MR) is 74.3 cm³/mol. The van der Waals surface area contributed by atoms with Gasteiger partial charge >= 0.3 is 0 Å². The Hall–Kier alpha value is -2.00. The second-order valence-corrected chi connectivity index (χ2v) is 4.22. The van der Waals surface area contributed by atoms with Crippen LogP contribution in [0.3, 0.4) is 0 Å². The first-order valence-electron chi connectivity index (χ1n) is 5.85. The summed E-state index contributed by atoms with van der Waals surface area (Å²) in [6.07, 6.45) is 0.744.